The molecule has 0 aliphatic rings. The number of rotatable bonds is 4. The summed E-state index contributed by atoms with van der Waals surface area (Å²) in [4.78, 5) is 11.9. The molecule has 94 valence electrons. The van der Waals surface area contributed by atoms with Crippen LogP contribution < -0.4 is 11.1 Å². The lowest BCUT2D eigenvalue weighted by molar-refractivity contribution is 0.0902. The van der Waals surface area contributed by atoms with Crippen LogP contribution in [-0.2, 0) is 0 Å². The highest BCUT2D eigenvalue weighted by Crippen LogP contribution is 2.14. The molecule has 4 heteroatoms. The van der Waals surface area contributed by atoms with Crippen molar-refractivity contribution in [2.45, 2.75) is 32.7 Å². The third kappa shape index (κ3) is 3.03. The van der Waals surface area contributed by atoms with E-state index in [1.54, 1.807) is 19.1 Å². The quantitative estimate of drug-likeness (QED) is 0.842. The number of nitrogens with one attached hydrogen (secondary N) is 1. The van der Waals surface area contributed by atoms with E-state index >= 15 is 0 Å². The normalized spacial score (nSPS) is 14.2. The number of hydrogen-bond donors (Lipinski definition) is 2. The maximum Gasteiger partial charge on any atom is 0.254 e. The van der Waals surface area contributed by atoms with Gasteiger partial charge in [-0.05, 0) is 31.9 Å². The Labute approximate surface area is 101 Å². The van der Waals surface area contributed by atoms with Crippen LogP contribution in [0, 0.1) is 12.7 Å². The Hall–Kier alpha value is -1.42. The summed E-state index contributed by atoms with van der Waals surface area (Å²) in [5.41, 5.74) is 5.64. The fourth-order valence-electron chi connectivity index (χ4n) is 1.45. The highest BCUT2D eigenvalue weighted by molar-refractivity contribution is 5.95. The minimum Gasteiger partial charge on any atom is -0.346 e. The molecule has 1 unspecified atom stereocenters. The third-order valence-electron chi connectivity index (χ3n) is 3.08. The first-order valence-electron chi connectivity index (χ1n) is 5.71. The molecular formula is C13H19FN2O. The smallest absolute Gasteiger partial charge is 0.254 e. The SMILES string of the molecule is CCC(C)(CN)NC(=O)c1cccc(C)c1F. The van der Waals surface area contributed by atoms with Crippen molar-refractivity contribution in [1.29, 1.82) is 0 Å². The summed E-state index contributed by atoms with van der Waals surface area (Å²) in [5, 5.41) is 2.77. The van der Waals surface area contributed by atoms with Crippen molar-refractivity contribution in [2.75, 3.05) is 6.54 Å². The second kappa shape index (κ2) is 5.27. The molecule has 0 spiro atoms. The van der Waals surface area contributed by atoms with E-state index in [1.807, 2.05) is 13.8 Å². The van der Waals surface area contributed by atoms with Gasteiger partial charge in [0.2, 0.25) is 0 Å². The Balaban J connectivity index is 2.94. The van der Waals surface area contributed by atoms with Crippen LogP contribution in [0.2, 0.25) is 0 Å². The molecular weight excluding hydrogens is 219 g/mol. The number of amides is 1. The minimum absolute atomic E-state index is 0.0677. The van der Waals surface area contributed by atoms with E-state index in [2.05, 4.69) is 5.32 Å². The average molecular weight is 238 g/mol. The Kier molecular flexibility index (Phi) is 4.23. The third-order valence-corrected chi connectivity index (χ3v) is 3.08. The van der Waals surface area contributed by atoms with E-state index in [0.717, 1.165) is 0 Å². The van der Waals surface area contributed by atoms with Crippen molar-refractivity contribution in [3.8, 4) is 0 Å². The molecule has 3 N–H and O–H groups in total. The average Bonchev–Trinajstić information content (AvgIpc) is 2.32. The highest BCUT2D eigenvalue weighted by Gasteiger charge is 2.24. The second-order valence-corrected chi connectivity index (χ2v) is 4.51. The van der Waals surface area contributed by atoms with Crippen LogP contribution in [0.3, 0.4) is 0 Å². The van der Waals surface area contributed by atoms with Gasteiger partial charge < -0.3 is 11.1 Å². The monoisotopic (exact) mass is 238 g/mol. The molecule has 0 radical (unpaired) electrons. The number of benzene rings is 1. The van der Waals surface area contributed by atoms with Gasteiger partial charge in [-0.1, -0.05) is 19.1 Å². The van der Waals surface area contributed by atoms with E-state index in [-0.39, 0.29) is 5.56 Å². The topological polar surface area (TPSA) is 55.1 Å². The molecule has 0 heterocycles. The predicted octanol–water partition coefficient (Wildman–Crippen LogP) is 1.99. The lowest BCUT2D eigenvalue weighted by Gasteiger charge is -2.28. The standard InChI is InChI=1S/C13H19FN2O/c1-4-13(3,8-15)16-12(17)10-7-5-6-9(2)11(10)14/h5-7H,4,8,15H2,1-3H3,(H,16,17). The summed E-state index contributed by atoms with van der Waals surface area (Å²) >= 11 is 0. The van der Waals surface area contributed by atoms with Crippen LogP contribution in [0.15, 0.2) is 18.2 Å². The van der Waals surface area contributed by atoms with Crippen LogP contribution in [0.1, 0.15) is 36.2 Å². The predicted molar refractivity (Wildman–Crippen MR) is 66.4 cm³/mol. The molecule has 0 aliphatic carbocycles. The Morgan fingerprint density at radius 1 is 1.53 bits per heavy atom. The van der Waals surface area contributed by atoms with Crippen molar-refractivity contribution in [2.24, 2.45) is 5.73 Å². The number of carbonyl (C=O) groups is 1. The van der Waals surface area contributed by atoms with Gasteiger partial charge in [-0.25, -0.2) is 4.39 Å². The van der Waals surface area contributed by atoms with Crippen LogP contribution in [-0.4, -0.2) is 18.0 Å². The van der Waals surface area contributed by atoms with E-state index in [4.69, 9.17) is 5.73 Å². The fraction of sp³-hybridized carbons (Fsp3) is 0.462. The van der Waals surface area contributed by atoms with Crippen molar-refractivity contribution >= 4 is 5.91 Å². The van der Waals surface area contributed by atoms with E-state index in [9.17, 15) is 9.18 Å². The summed E-state index contributed by atoms with van der Waals surface area (Å²) in [7, 11) is 0. The maximum absolute atomic E-state index is 13.7. The minimum atomic E-state index is -0.493. The van der Waals surface area contributed by atoms with Gasteiger partial charge in [-0.3, -0.25) is 4.79 Å². The van der Waals surface area contributed by atoms with Crippen molar-refractivity contribution in [3.63, 3.8) is 0 Å². The molecule has 0 saturated heterocycles. The summed E-state index contributed by atoms with van der Waals surface area (Å²) < 4.78 is 13.7. The highest BCUT2D eigenvalue weighted by atomic mass is 19.1. The zero-order valence-electron chi connectivity index (χ0n) is 10.5. The molecule has 1 amide bonds. The van der Waals surface area contributed by atoms with E-state index in [0.29, 0.717) is 18.5 Å². The molecule has 1 rings (SSSR count). The largest absolute Gasteiger partial charge is 0.346 e. The van der Waals surface area contributed by atoms with Gasteiger partial charge >= 0.3 is 0 Å². The van der Waals surface area contributed by atoms with Gasteiger partial charge in [0.1, 0.15) is 5.82 Å². The van der Waals surface area contributed by atoms with Crippen molar-refractivity contribution < 1.29 is 9.18 Å². The summed E-state index contributed by atoms with van der Waals surface area (Å²) in [6.07, 6.45) is 0.697. The molecule has 17 heavy (non-hydrogen) atoms. The Bertz CT molecular complexity index is 414. The molecule has 3 nitrogen and oxygen atoms in total. The lowest BCUT2D eigenvalue weighted by Crippen LogP contribution is -2.51. The first-order valence-corrected chi connectivity index (χ1v) is 5.71. The van der Waals surface area contributed by atoms with Crippen LogP contribution in [0.4, 0.5) is 4.39 Å². The fourth-order valence-corrected chi connectivity index (χ4v) is 1.45. The van der Waals surface area contributed by atoms with Gasteiger partial charge in [0.05, 0.1) is 5.56 Å². The number of aryl methyl sites for hydroxylation is 1. The van der Waals surface area contributed by atoms with Gasteiger partial charge in [0.25, 0.3) is 5.91 Å². The zero-order valence-corrected chi connectivity index (χ0v) is 10.5. The second-order valence-electron chi connectivity index (χ2n) is 4.51. The zero-order chi connectivity index (χ0) is 13.1. The van der Waals surface area contributed by atoms with Crippen LogP contribution in [0.25, 0.3) is 0 Å². The summed E-state index contributed by atoms with van der Waals surface area (Å²) in [6, 6.07) is 4.78. The molecule has 0 fully saturated rings. The van der Waals surface area contributed by atoms with E-state index < -0.39 is 17.3 Å². The first-order chi connectivity index (χ1) is 7.93. The van der Waals surface area contributed by atoms with Gasteiger partial charge in [-0.2, -0.15) is 0 Å². The van der Waals surface area contributed by atoms with Crippen LogP contribution in [0.5, 0.6) is 0 Å². The first kappa shape index (κ1) is 13.6. The molecule has 1 atom stereocenters. The number of nitrogens with two attached hydrogens (primary N) is 1. The van der Waals surface area contributed by atoms with Gasteiger partial charge in [0.15, 0.2) is 0 Å². The maximum atomic E-state index is 13.7. The van der Waals surface area contributed by atoms with Crippen molar-refractivity contribution in [3.05, 3.63) is 35.1 Å². The van der Waals surface area contributed by atoms with E-state index in [1.165, 1.54) is 6.07 Å². The molecule has 1 aromatic carbocycles. The number of carbonyl (C=O) groups excluding carboxylic acids is 1. The van der Waals surface area contributed by atoms with Gasteiger partial charge in [0, 0.05) is 12.1 Å². The summed E-state index contributed by atoms with van der Waals surface area (Å²) in [6.45, 7) is 5.73. The van der Waals surface area contributed by atoms with Gasteiger partial charge in [-0.15, -0.1) is 0 Å². The molecule has 0 saturated carbocycles. The van der Waals surface area contributed by atoms with Crippen molar-refractivity contribution in [1.82, 2.24) is 5.32 Å². The Morgan fingerprint density at radius 3 is 2.71 bits per heavy atom. The number of halogens is 1. The van der Waals surface area contributed by atoms with Crippen LogP contribution >= 0.6 is 0 Å². The molecule has 1 aromatic rings. The molecule has 0 aromatic heterocycles. The molecule has 0 bridgehead atoms. The number of hydrogen-bond acceptors (Lipinski definition) is 2. The lowest BCUT2D eigenvalue weighted by atomic mass is 9.98. The summed E-state index contributed by atoms with van der Waals surface area (Å²) in [5.74, 6) is -0.888. The Morgan fingerprint density at radius 2 is 2.18 bits per heavy atom. The molecule has 0 aliphatic heterocycles.